The van der Waals surface area contributed by atoms with Crippen LogP contribution in [0.25, 0.3) is 11.1 Å². The maximum Gasteiger partial charge on any atom is 0.159 e. The molecule has 0 fully saturated rings. The number of amidine groups is 2. The minimum atomic E-state index is -0.320. The number of nitrogens with zero attached hydrogens (tertiary/aromatic N) is 2. The third-order valence-electron chi connectivity index (χ3n) is 14.8. The summed E-state index contributed by atoms with van der Waals surface area (Å²) >= 11 is 0. The normalized spacial score (nSPS) is 27.0. The van der Waals surface area contributed by atoms with E-state index < -0.39 is 0 Å². The zero-order valence-electron chi connectivity index (χ0n) is 35.9. The van der Waals surface area contributed by atoms with E-state index in [-0.39, 0.29) is 22.9 Å². The van der Waals surface area contributed by atoms with Gasteiger partial charge in [-0.2, -0.15) is 0 Å². The van der Waals surface area contributed by atoms with E-state index in [1.165, 1.54) is 62.1 Å². The molecule has 0 saturated heterocycles. The molecule has 304 valence electrons. The molecular weight excluding hydrogens is 751 g/mol. The first-order valence-electron chi connectivity index (χ1n) is 22.6. The molecule has 1 N–H and O–H groups in total. The molecule has 1 heterocycles. The molecule has 0 amide bonds. The van der Waals surface area contributed by atoms with Crippen LogP contribution in [0.2, 0.25) is 0 Å². The maximum absolute atomic E-state index is 5.37. The highest BCUT2D eigenvalue weighted by molar-refractivity contribution is 6.13. The Labute approximate surface area is 367 Å². The molecule has 5 aromatic carbocycles. The van der Waals surface area contributed by atoms with E-state index in [2.05, 4.69) is 208 Å². The summed E-state index contributed by atoms with van der Waals surface area (Å²) in [6.45, 7) is 6.95. The van der Waals surface area contributed by atoms with Crippen molar-refractivity contribution < 1.29 is 0 Å². The molecular formula is C59H53N3. The van der Waals surface area contributed by atoms with E-state index in [4.69, 9.17) is 9.98 Å². The van der Waals surface area contributed by atoms with Crippen molar-refractivity contribution in [2.45, 2.75) is 69.4 Å². The first-order valence-corrected chi connectivity index (χ1v) is 22.6. The van der Waals surface area contributed by atoms with Crippen molar-refractivity contribution in [3.63, 3.8) is 0 Å². The average molecular weight is 804 g/mol. The molecule has 0 aromatic heterocycles. The first-order chi connectivity index (χ1) is 30.4. The average Bonchev–Trinajstić information content (AvgIpc) is 3.63. The molecule has 6 aliphatic rings. The van der Waals surface area contributed by atoms with Gasteiger partial charge in [-0.25, -0.2) is 9.98 Å². The summed E-state index contributed by atoms with van der Waals surface area (Å²) in [6, 6.07) is 46.8. The summed E-state index contributed by atoms with van der Waals surface area (Å²) in [5, 5.41) is 3.81. The van der Waals surface area contributed by atoms with Crippen LogP contribution < -0.4 is 5.32 Å². The van der Waals surface area contributed by atoms with Gasteiger partial charge in [0.25, 0.3) is 0 Å². The Bertz CT molecular complexity index is 2840. The van der Waals surface area contributed by atoms with Crippen LogP contribution in [0.4, 0.5) is 0 Å². The molecule has 5 aromatic rings. The van der Waals surface area contributed by atoms with Crippen molar-refractivity contribution in [2.24, 2.45) is 21.8 Å². The summed E-state index contributed by atoms with van der Waals surface area (Å²) in [4.78, 5) is 10.5. The Hall–Kier alpha value is -6.58. The number of rotatable bonds is 7. The van der Waals surface area contributed by atoms with Crippen LogP contribution in [-0.2, 0) is 10.8 Å². The molecule has 3 nitrogen and oxygen atoms in total. The molecule has 1 aliphatic heterocycles. The molecule has 6 atom stereocenters. The van der Waals surface area contributed by atoms with Crippen molar-refractivity contribution in [1.29, 1.82) is 0 Å². The SMILES string of the molecule is CC1=CC=C(C2(c3ccc(C)cc3)c3cc(C4(C)C=CC(C5N=C(c6ccccc6)N=C(c6ccc(-c7ccccc7)cc6)N5)=C5C=CC=CC54)ccc3C3C=CCCC32)CC1. The van der Waals surface area contributed by atoms with Crippen molar-refractivity contribution in [3.8, 4) is 11.1 Å². The lowest BCUT2D eigenvalue weighted by molar-refractivity contribution is 0.333. The van der Waals surface area contributed by atoms with Crippen LogP contribution in [0.1, 0.15) is 84.4 Å². The quantitative estimate of drug-likeness (QED) is 0.164. The largest absolute Gasteiger partial charge is 0.344 e. The van der Waals surface area contributed by atoms with Gasteiger partial charge in [0.05, 0.1) is 0 Å². The Kier molecular flexibility index (Phi) is 9.53. The fourth-order valence-electron chi connectivity index (χ4n) is 11.5. The third-order valence-corrected chi connectivity index (χ3v) is 14.8. The highest BCUT2D eigenvalue weighted by atomic mass is 15.2. The van der Waals surface area contributed by atoms with E-state index >= 15 is 0 Å². The molecule has 0 bridgehead atoms. The van der Waals surface area contributed by atoms with Gasteiger partial charge in [0.1, 0.15) is 12.0 Å². The van der Waals surface area contributed by atoms with Crippen molar-refractivity contribution >= 4 is 11.7 Å². The second-order valence-corrected chi connectivity index (χ2v) is 18.3. The van der Waals surface area contributed by atoms with E-state index in [0.717, 1.165) is 42.1 Å². The van der Waals surface area contributed by atoms with Gasteiger partial charge in [-0.05, 0) is 90.0 Å². The molecule has 0 saturated carbocycles. The third kappa shape index (κ3) is 6.32. The van der Waals surface area contributed by atoms with Gasteiger partial charge in [0.15, 0.2) is 5.84 Å². The molecule has 0 spiro atoms. The predicted octanol–water partition coefficient (Wildman–Crippen LogP) is 13.4. The predicted molar refractivity (Wildman–Crippen MR) is 258 cm³/mol. The summed E-state index contributed by atoms with van der Waals surface area (Å²) in [6.07, 6.45) is 28.1. The van der Waals surface area contributed by atoms with Crippen molar-refractivity contribution in [1.82, 2.24) is 5.32 Å². The Balaban J connectivity index is 1.01. The molecule has 5 aliphatic carbocycles. The number of nitrogens with one attached hydrogen (secondary N) is 1. The standard InChI is InChI=1S/C59H53N3/c1-39-22-30-45(31-23-39)59(46-32-24-40(2)25-33-46)53-21-13-11-18-48(53)50-35-34-47(38-54(50)59)58(3)37-36-51(49-19-10-12-20-52(49)58)57-61-55(43-16-8-5-9-17-43)60-56(62-57)44-28-26-42(27-29-44)41-14-6-4-7-15-41/h4-12,14-20,22-24,26-32,34-38,48,52-53,57H,13,21,25,33H2,1-3H3,(H,60,61,62). The summed E-state index contributed by atoms with van der Waals surface area (Å²) in [5.74, 6) is 2.56. The molecule has 3 heteroatoms. The Morgan fingerprint density at radius 3 is 2.15 bits per heavy atom. The lowest BCUT2D eigenvalue weighted by Crippen LogP contribution is -2.43. The molecule has 62 heavy (non-hydrogen) atoms. The number of hydrogen-bond donors (Lipinski definition) is 1. The minimum Gasteiger partial charge on any atom is -0.344 e. The number of aliphatic imine (C=N–C) groups is 2. The lowest BCUT2D eigenvalue weighted by atomic mass is 9.59. The second kappa shape index (κ2) is 15.4. The highest BCUT2D eigenvalue weighted by Crippen LogP contribution is 2.63. The van der Waals surface area contributed by atoms with E-state index in [1.54, 1.807) is 5.57 Å². The highest BCUT2D eigenvalue weighted by Gasteiger charge is 2.55. The molecule has 6 unspecified atom stereocenters. The number of fused-ring (bicyclic) bond motifs is 4. The number of hydrogen-bond acceptors (Lipinski definition) is 3. The van der Waals surface area contributed by atoms with E-state index in [0.29, 0.717) is 11.8 Å². The molecule has 0 radical (unpaired) electrons. The second-order valence-electron chi connectivity index (χ2n) is 18.3. The van der Waals surface area contributed by atoms with E-state index in [1.807, 2.05) is 6.07 Å². The Morgan fingerprint density at radius 1 is 0.661 bits per heavy atom. The van der Waals surface area contributed by atoms with Gasteiger partial charge in [-0.15, -0.1) is 0 Å². The number of allylic oxidation sites excluding steroid dienone is 12. The number of benzene rings is 5. The summed E-state index contributed by atoms with van der Waals surface area (Å²) in [5.41, 5.74) is 16.6. The van der Waals surface area contributed by atoms with Gasteiger partial charge in [0, 0.05) is 33.8 Å². The zero-order chi connectivity index (χ0) is 41.8. The summed E-state index contributed by atoms with van der Waals surface area (Å²) in [7, 11) is 0. The first kappa shape index (κ1) is 38.3. The topological polar surface area (TPSA) is 36.8 Å². The maximum atomic E-state index is 5.37. The molecule has 11 rings (SSSR count). The van der Waals surface area contributed by atoms with E-state index in [9.17, 15) is 0 Å². The Morgan fingerprint density at radius 2 is 1.39 bits per heavy atom. The minimum absolute atomic E-state index is 0.118. The van der Waals surface area contributed by atoms with Crippen LogP contribution >= 0.6 is 0 Å². The fraction of sp³-hybridized carbons (Fsp3) is 0.220. The van der Waals surface area contributed by atoms with Crippen molar-refractivity contribution in [2.75, 3.05) is 0 Å². The summed E-state index contributed by atoms with van der Waals surface area (Å²) < 4.78 is 0. The van der Waals surface area contributed by atoms with Gasteiger partial charge in [-0.3, -0.25) is 0 Å². The monoisotopic (exact) mass is 803 g/mol. The fourth-order valence-corrected chi connectivity index (χ4v) is 11.5. The van der Waals surface area contributed by atoms with Gasteiger partial charge in [-0.1, -0.05) is 212 Å². The van der Waals surface area contributed by atoms with Gasteiger partial charge in [0.2, 0.25) is 0 Å². The zero-order valence-corrected chi connectivity index (χ0v) is 35.9. The van der Waals surface area contributed by atoms with Crippen molar-refractivity contribution in [3.05, 3.63) is 249 Å². The van der Waals surface area contributed by atoms with Gasteiger partial charge >= 0.3 is 0 Å². The smallest absolute Gasteiger partial charge is 0.159 e. The van der Waals surface area contributed by atoms with Crippen LogP contribution in [0.3, 0.4) is 0 Å². The van der Waals surface area contributed by atoms with Crippen LogP contribution in [0.15, 0.2) is 220 Å². The van der Waals surface area contributed by atoms with Gasteiger partial charge < -0.3 is 5.32 Å². The lowest BCUT2D eigenvalue weighted by Gasteiger charge is -2.44. The van der Waals surface area contributed by atoms with Crippen LogP contribution in [0, 0.1) is 18.8 Å². The van der Waals surface area contributed by atoms with Crippen LogP contribution in [0.5, 0.6) is 0 Å². The number of aryl methyl sites for hydroxylation is 1. The van der Waals surface area contributed by atoms with Crippen LogP contribution in [-0.4, -0.2) is 17.8 Å².